The second-order valence-corrected chi connectivity index (χ2v) is 2.32. The Morgan fingerprint density at radius 3 is 3.18 bits per heavy atom. The first-order valence-corrected chi connectivity index (χ1v) is 3.37. The number of allylic oxidation sites excluding steroid dienone is 2. The zero-order chi connectivity index (χ0) is 7.68. The number of hydrogen-bond acceptors (Lipinski definition) is 3. The number of rotatable bonds is 0. The Balaban J connectivity index is 2.48. The van der Waals surface area contributed by atoms with Crippen LogP contribution in [0, 0.1) is 0 Å². The summed E-state index contributed by atoms with van der Waals surface area (Å²) < 4.78 is 0. The van der Waals surface area contributed by atoms with Crippen LogP contribution in [0.5, 0.6) is 0 Å². The molecule has 54 valence electrons. The number of carbonyl (C=O) groups excluding carboxylic acids is 1. The van der Waals surface area contributed by atoms with Crippen molar-refractivity contribution in [2.45, 2.75) is 0 Å². The largest absolute Gasteiger partial charge is 0.286 e. The summed E-state index contributed by atoms with van der Waals surface area (Å²) in [7, 11) is 0. The van der Waals surface area contributed by atoms with E-state index in [2.05, 4.69) is 9.98 Å². The maximum absolute atomic E-state index is 11.1. The van der Waals surface area contributed by atoms with Crippen molar-refractivity contribution in [1.82, 2.24) is 0 Å². The summed E-state index contributed by atoms with van der Waals surface area (Å²) in [6, 6.07) is 0. The van der Waals surface area contributed by atoms with Gasteiger partial charge in [0.25, 0.3) is 0 Å². The highest BCUT2D eigenvalue weighted by Gasteiger charge is 2.16. The van der Waals surface area contributed by atoms with Gasteiger partial charge in [-0.15, -0.1) is 0 Å². The van der Waals surface area contributed by atoms with Crippen molar-refractivity contribution in [3.05, 3.63) is 23.9 Å². The standard InChI is InChI=1S/C8H6N2O/c11-7-5-9-4-6-2-1-3-10-8(6)7/h1-2,4-5H,3H2. The minimum atomic E-state index is -0.0909. The van der Waals surface area contributed by atoms with Gasteiger partial charge in [-0.1, -0.05) is 12.2 Å². The number of hydrogen-bond donors (Lipinski definition) is 0. The summed E-state index contributed by atoms with van der Waals surface area (Å²) in [5, 5.41) is 0. The van der Waals surface area contributed by atoms with Gasteiger partial charge in [0.2, 0.25) is 5.78 Å². The van der Waals surface area contributed by atoms with E-state index in [1.807, 2.05) is 12.2 Å². The van der Waals surface area contributed by atoms with E-state index in [1.54, 1.807) is 6.20 Å². The molecule has 0 fully saturated rings. The number of dihydropyridines is 1. The van der Waals surface area contributed by atoms with Gasteiger partial charge in [0.1, 0.15) is 5.71 Å². The molecule has 0 aliphatic carbocycles. The van der Waals surface area contributed by atoms with E-state index in [0.29, 0.717) is 12.3 Å². The third-order valence-corrected chi connectivity index (χ3v) is 1.56. The zero-order valence-electron chi connectivity index (χ0n) is 5.82. The molecule has 2 aliphatic heterocycles. The van der Waals surface area contributed by atoms with Gasteiger partial charge in [-0.05, 0) is 0 Å². The Labute approximate surface area is 63.9 Å². The minimum Gasteiger partial charge on any atom is -0.286 e. The SMILES string of the molecule is O=C1C=NC=C2C=CCN=C12. The van der Waals surface area contributed by atoms with Crippen molar-refractivity contribution in [3.8, 4) is 0 Å². The first-order valence-electron chi connectivity index (χ1n) is 3.37. The van der Waals surface area contributed by atoms with Gasteiger partial charge in [0.15, 0.2) is 0 Å². The van der Waals surface area contributed by atoms with Crippen molar-refractivity contribution in [2.24, 2.45) is 9.98 Å². The summed E-state index contributed by atoms with van der Waals surface area (Å²) >= 11 is 0. The fourth-order valence-electron chi connectivity index (χ4n) is 1.06. The number of ketones is 1. The van der Waals surface area contributed by atoms with Crippen molar-refractivity contribution in [3.63, 3.8) is 0 Å². The van der Waals surface area contributed by atoms with Gasteiger partial charge in [-0.25, -0.2) is 0 Å². The summed E-state index contributed by atoms with van der Waals surface area (Å²) in [5.41, 5.74) is 1.37. The number of Topliss-reactive ketones (excluding diaryl/α,β-unsaturated/α-hetero) is 1. The van der Waals surface area contributed by atoms with Crippen molar-refractivity contribution in [2.75, 3.05) is 6.54 Å². The summed E-state index contributed by atoms with van der Waals surface area (Å²) in [6.45, 7) is 0.603. The molecule has 0 aromatic heterocycles. The fourth-order valence-corrected chi connectivity index (χ4v) is 1.06. The monoisotopic (exact) mass is 146 g/mol. The van der Waals surface area contributed by atoms with Gasteiger partial charge in [0, 0.05) is 11.8 Å². The minimum absolute atomic E-state index is 0.0909. The topological polar surface area (TPSA) is 41.8 Å². The number of nitrogens with zero attached hydrogens (tertiary/aromatic N) is 2. The van der Waals surface area contributed by atoms with Crippen LogP contribution in [0.2, 0.25) is 0 Å². The van der Waals surface area contributed by atoms with Crippen LogP contribution in [0.1, 0.15) is 0 Å². The molecular formula is C8H6N2O. The molecule has 0 amide bonds. The van der Waals surface area contributed by atoms with E-state index in [-0.39, 0.29) is 5.78 Å². The summed E-state index contributed by atoms with van der Waals surface area (Å²) in [6.07, 6.45) is 6.72. The number of carbonyl (C=O) groups is 1. The van der Waals surface area contributed by atoms with Gasteiger partial charge in [-0.2, -0.15) is 0 Å². The lowest BCUT2D eigenvalue weighted by molar-refractivity contribution is -0.107. The molecule has 0 N–H and O–H groups in total. The Morgan fingerprint density at radius 1 is 1.45 bits per heavy atom. The lowest BCUT2D eigenvalue weighted by Gasteiger charge is -2.09. The molecule has 0 aromatic carbocycles. The van der Waals surface area contributed by atoms with E-state index in [9.17, 15) is 4.79 Å². The molecule has 3 heteroatoms. The van der Waals surface area contributed by atoms with E-state index in [4.69, 9.17) is 0 Å². The number of fused-ring (bicyclic) bond motifs is 1. The Kier molecular flexibility index (Phi) is 1.28. The highest BCUT2D eigenvalue weighted by Crippen LogP contribution is 2.10. The molecule has 0 spiro atoms. The molecule has 0 bridgehead atoms. The van der Waals surface area contributed by atoms with E-state index in [0.717, 1.165) is 5.57 Å². The van der Waals surface area contributed by atoms with Gasteiger partial charge >= 0.3 is 0 Å². The molecule has 0 radical (unpaired) electrons. The van der Waals surface area contributed by atoms with Crippen molar-refractivity contribution < 1.29 is 4.79 Å². The lowest BCUT2D eigenvalue weighted by Crippen LogP contribution is -2.21. The van der Waals surface area contributed by atoms with E-state index < -0.39 is 0 Å². The average molecular weight is 146 g/mol. The fraction of sp³-hybridized carbons (Fsp3) is 0.125. The molecule has 11 heavy (non-hydrogen) atoms. The van der Waals surface area contributed by atoms with Crippen molar-refractivity contribution >= 4 is 17.7 Å². The molecule has 3 nitrogen and oxygen atoms in total. The Morgan fingerprint density at radius 2 is 2.36 bits per heavy atom. The van der Waals surface area contributed by atoms with Crippen LogP contribution in [-0.4, -0.2) is 24.3 Å². The molecule has 2 heterocycles. The zero-order valence-corrected chi connectivity index (χ0v) is 5.82. The van der Waals surface area contributed by atoms with Crippen LogP contribution >= 0.6 is 0 Å². The van der Waals surface area contributed by atoms with Gasteiger partial charge < -0.3 is 0 Å². The Bertz CT molecular complexity index is 321. The predicted octanol–water partition coefficient (Wildman–Crippen LogP) is 0.535. The van der Waals surface area contributed by atoms with Crippen molar-refractivity contribution in [1.29, 1.82) is 0 Å². The van der Waals surface area contributed by atoms with Crippen LogP contribution in [0.15, 0.2) is 33.9 Å². The molecule has 0 atom stereocenters. The lowest BCUT2D eigenvalue weighted by atomic mass is 10.0. The van der Waals surface area contributed by atoms with E-state index >= 15 is 0 Å². The maximum Gasteiger partial charge on any atom is 0.222 e. The van der Waals surface area contributed by atoms with E-state index in [1.165, 1.54) is 6.21 Å². The second kappa shape index (κ2) is 2.27. The second-order valence-electron chi connectivity index (χ2n) is 2.32. The normalized spacial score (nSPS) is 20.9. The number of aliphatic imine (C=N–C) groups is 2. The highest BCUT2D eigenvalue weighted by atomic mass is 16.1. The summed E-state index contributed by atoms with van der Waals surface area (Å²) in [5.74, 6) is -0.0909. The van der Waals surface area contributed by atoms with Crippen LogP contribution in [0.4, 0.5) is 0 Å². The van der Waals surface area contributed by atoms with Crippen LogP contribution < -0.4 is 0 Å². The molecule has 2 rings (SSSR count). The molecule has 0 saturated carbocycles. The van der Waals surface area contributed by atoms with Crippen LogP contribution in [0.25, 0.3) is 0 Å². The molecule has 0 aromatic rings. The quantitative estimate of drug-likeness (QED) is 0.491. The molecule has 0 saturated heterocycles. The molecule has 0 unspecified atom stereocenters. The molecule has 2 aliphatic rings. The predicted molar refractivity (Wildman–Crippen MR) is 43.0 cm³/mol. The molecular weight excluding hydrogens is 140 g/mol. The highest BCUT2D eigenvalue weighted by molar-refractivity contribution is 6.65. The average Bonchev–Trinajstić information content (AvgIpc) is 2.06. The summed E-state index contributed by atoms with van der Waals surface area (Å²) in [4.78, 5) is 18.9. The third kappa shape index (κ3) is 0.941. The van der Waals surface area contributed by atoms with Gasteiger partial charge in [0.05, 0.1) is 12.8 Å². The smallest absolute Gasteiger partial charge is 0.222 e. The third-order valence-electron chi connectivity index (χ3n) is 1.56. The Hall–Kier alpha value is -1.51. The maximum atomic E-state index is 11.1. The van der Waals surface area contributed by atoms with Crippen LogP contribution in [0.3, 0.4) is 0 Å². The first-order chi connectivity index (χ1) is 5.38. The van der Waals surface area contributed by atoms with Crippen LogP contribution in [-0.2, 0) is 4.79 Å². The van der Waals surface area contributed by atoms with Gasteiger partial charge in [-0.3, -0.25) is 14.8 Å². The first kappa shape index (κ1) is 6.22.